The first kappa shape index (κ1) is 13.3. The first-order valence-corrected chi connectivity index (χ1v) is 7.02. The predicted octanol–water partition coefficient (Wildman–Crippen LogP) is 1.23. The molecule has 2 aliphatic heterocycles. The highest BCUT2D eigenvalue weighted by atomic mass is 35.5. The van der Waals surface area contributed by atoms with Crippen molar-refractivity contribution in [3.8, 4) is 0 Å². The lowest BCUT2D eigenvalue weighted by molar-refractivity contribution is 0.596. The number of fused-ring (bicyclic) bond motifs is 1. The third-order valence-electron chi connectivity index (χ3n) is 3.09. The summed E-state index contributed by atoms with van der Waals surface area (Å²) < 4.78 is 27.9. The van der Waals surface area contributed by atoms with E-state index in [0.717, 1.165) is 19.5 Å². The van der Waals surface area contributed by atoms with Crippen molar-refractivity contribution < 1.29 is 8.42 Å². The molecular weight excluding hydrogens is 274 g/mol. The maximum Gasteiger partial charge on any atom is 0.286 e. The fourth-order valence-corrected chi connectivity index (χ4v) is 3.40. The van der Waals surface area contributed by atoms with Gasteiger partial charge in [0.2, 0.25) is 0 Å². The number of hydrogen-bond donors (Lipinski definition) is 2. The van der Waals surface area contributed by atoms with Crippen molar-refractivity contribution in [1.82, 2.24) is 5.32 Å². The Labute approximate surface area is 112 Å². The number of halogens is 1. The second-order valence-electron chi connectivity index (χ2n) is 4.26. The van der Waals surface area contributed by atoms with Crippen LogP contribution in [0.1, 0.15) is 6.42 Å². The van der Waals surface area contributed by atoms with Gasteiger partial charge in [-0.1, -0.05) is 12.1 Å². The van der Waals surface area contributed by atoms with E-state index >= 15 is 0 Å². The van der Waals surface area contributed by atoms with E-state index in [1.54, 1.807) is 18.2 Å². The largest absolute Gasteiger partial charge is 0.342 e. The van der Waals surface area contributed by atoms with Crippen molar-refractivity contribution in [2.45, 2.75) is 11.3 Å². The summed E-state index contributed by atoms with van der Waals surface area (Å²) in [7, 11) is -3.53. The quantitative estimate of drug-likeness (QED) is 0.815. The number of nitrogens with one attached hydrogen (secondary N) is 2. The summed E-state index contributed by atoms with van der Waals surface area (Å²) in [5.41, 5.74) is 0.629. The normalized spacial score (nSPS) is 24.4. The highest BCUT2D eigenvalue weighted by Gasteiger charge is 2.29. The van der Waals surface area contributed by atoms with Gasteiger partial charge in [-0.3, -0.25) is 0 Å². The standard InChI is InChI=1S/C11H13N3O2S.ClH/c15-17(16)10-4-2-1-3-9(10)13-11(14-17)8-5-6-12-7-8;/h1-4,8,12H,5-7H2,(H,13,14);1H. The Hall–Kier alpha value is -1.11. The summed E-state index contributed by atoms with van der Waals surface area (Å²) in [6, 6.07) is 6.86. The topological polar surface area (TPSA) is 70.6 Å². The molecule has 1 fully saturated rings. The van der Waals surface area contributed by atoms with Crippen molar-refractivity contribution in [3.05, 3.63) is 24.3 Å². The van der Waals surface area contributed by atoms with E-state index in [9.17, 15) is 8.42 Å². The number of benzene rings is 1. The first-order chi connectivity index (χ1) is 8.17. The van der Waals surface area contributed by atoms with Crippen molar-refractivity contribution in [1.29, 1.82) is 0 Å². The molecule has 2 heterocycles. The maximum atomic E-state index is 12.0. The number of nitrogens with zero attached hydrogens (tertiary/aromatic N) is 1. The highest BCUT2D eigenvalue weighted by Crippen LogP contribution is 2.28. The molecule has 1 aromatic rings. The smallest absolute Gasteiger partial charge is 0.286 e. The summed E-state index contributed by atoms with van der Waals surface area (Å²) in [6.07, 6.45) is 0.920. The molecule has 0 aliphatic carbocycles. The van der Waals surface area contributed by atoms with Gasteiger partial charge < -0.3 is 10.6 Å². The lowest BCUT2D eigenvalue weighted by Crippen LogP contribution is -2.29. The van der Waals surface area contributed by atoms with Gasteiger partial charge in [0.15, 0.2) is 0 Å². The van der Waals surface area contributed by atoms with Crippen LogP contribution in [0.4, 0.5) is 5.69 Å². The van der Waals surface area contributed by atoms with Crippen molar-refractivity contribution in [2.75, 3.05) is 18.4 Å². The van der Waals surface area contributed by atoms with Gasteiger partial charge in [-0.25, -0.2) is 0 Å². The number of sulfonamides is 1. The lowest BCUT2D eigenvalue weighted by atomic mass is 10.1. The summed E-state index contributed by atoms with van der Waals surface area (Å²) in [6.45, 7) is 1.69. The van der Waals surface area contributed by atoms with Gasteiger partial charge in [-0.2, -0.15) is 8.42 Å². The molecule has 1 atom stereocenters. The van der Waals surface area contributed by atoms with Crippen LogP contribution in [0.5, 0.6) is 0 Å². The van der Waals surface area contributed by atoms with E-state index in [1.807, 2.05) is 6.07 Å². The van der Waals surface area contributed by atoms with Gasteiger partial charge in [0, 0.05) is 12.5 Å². The molecule has 1 unspecified atom stereocenters. The Morgan fingerprint density at radius 1 is 1.28 bits per heavy atom. The predicted molar refractivity (Wildman–Crippen MR) is 72.9 cm³/mol. The Bertz CT molecular complexity index is 580. The SMILES string of the molecule is Cl.O=S1(=O)N=C(C2CCNC2)Nc2ccccc21. The third-order valence-corrected chi connectivity index (χ3v) is 4.44. The van der Waals surface area contributed by atoms with Gasteiger partial charge in [-0.15, -0.1) is 16.8 Å². The van der Waals surface area contributed by atoms with Crippen molar-refractivity contribution in [2.24, 2.45) is 10.3 Å². The zero-order valence-electron chi connectivity index (χ0n) is 9.59. The molecule has 1 saturated heterocycles. The van der Waals surface area contributed by atoms with E-state index in [4.69, 9.17) is 0 Å². The summed E-state index contributed by atoms with van der Waals surface area (Å²) in [5, 5.41) is 6.33. The van der Waals surface area contributed by atoms with Crippen molar-refractivity contribution in [3.63, 3.8) is 0 Å². The van der Waals surface area contributed by atoms with Crippen LogP contribution in [0.25, 0.3) is 0 Å². The second-order valence-corrected chi connectivity index (χ2v) is 5.84. The van der Waals surface area contributed by atoms with Gasteiger partial charge in [0.05, 0.1) is 5.69 Å². The minimum atomic E-state index is -3.53. The average molecular weight is 288 g/mol. The molecule has 2 N–H and O–H groups in total. The lowest BCUT2D eigenvalue weighted by Gasteiger charge is -2.21. The maximum absolute atomic E-state index is 12.0. The fraction of sp³-hybridized carbons (Fsp3) is 0.364. The molecule has 0 radical (unpaired) electrons. The minimum absolute atomic E-state index is 0. The Balaban J connectivity index is 0.00000120. The van der Waals surface area contributed by atoms with Crippen LogP contribution in [-0.4, -0.2) is 27.3 Å². The third kappa shape index (κ3) is 2.23. The Kier molecular flexibility index (Phi) is 3.61. The Morgan fingerprint density at radius 2 is 2.06 bits per heavy atom. The van der Waals surface area contributed by atoms with Crippen LogP contribution in [0, 0.1) is 5.92 Å². The molecule has 0 aromatic heterocycles. The summed E-state index contributed by atoms with van der Waals surface area (Å²) >= 11 is 0. The molecule has 18 heavy (non-hydrogen) atoms. The van der Waals surface area contributed by atoms with Gasteiger partial charge in [-0.05, 0) is 25.1 Å². The fourth-order valence-electron chi connectivity index (χ4n) is 2.20. The molecule has 98 valence electrons. The van der Waals surface area contributed by atoms with Crippen LogP contribution in [0.3, 0.4) is 0 Å². The number of rotatable bonds is 1. The molecular formula is C11H14ClN3O2S. The average Bonchev–Trinajstić information content (AvgIpc) is 2.81. The van der Waals surface area contributed by atoms with E-state index < -0.39 is 10.0 Å². The second kappa shape index (κ2) is 4.87. The molecule has 2 aliphatic rings. The number of para-hydroxylation sites is 1. The molecule has 3 rings (SSSR count). The van der Waals surface area contributed by atoms with E-state index in [-0.39, 0.29) is 23.2 Å². The van der Waals surface area contributed by atoms with Crippen LogP contribution >= 0.6 is 12.4 Å². The monoisotopic (exact) mass is 287 g/mol. The van der Waals surface area contributed by atoms with Gasteiger partial charge >= 0.3 is 0 Å². The molecule has 0 spiro atoms. The molecule has 5 nitrogen and oxygen atoms in total. The van der Waals surface area contributed by atoms with Gasteiger partial charge in [0.1, 0.15) is 10.7 Å². The van der Waals surface area contributed by atoms with E-state index in [2.05, 4.69) is 15.0 Å². The van der Waals surface area contributed by atoms with Crippen LogP contribution in [0.2, 0.25) is 0 Å². The number of hydrogen-bond acceptors (Lipinski definition) is 4. The van der Waals surface area contributed by atoms with E-state index in [1.165, 1.54) is 0 Å². The number of anilines is 1. The van der Waals surface area contributed by atoms with Crippen LogP contribution in [-0.2, 0) is 10.0 Å². The summed E-state index contributed by atoms with van der Waals surface area (Å²) in [5.74, 6) is 0.729. The molecule has 1 aromatic carbocycles. The molecule has 0 amide bonds. The Morgan fingerprint density at radius 3 is 2.78 bits per heavy atom. The molecule has 7 heteroatoms. The zero-order chi connectivity index (χ0) is 11.9. The highest BCUT2D eigenvalue weighted by molar-refractivity contribution is 7.90. The van der Waals surface area contributed by atoms with Crippen LogP contribution in [0.15, 0.2) is 33.6 Å². The number of amidine groups is 1. The van der Waals surface area contributed by atoms with Crippen molar-refractivity contribution >= 4 is 34.0 Å². The van der Waals surface area contributed by atoms with E-state index in [0.29, 0.717) is 11.5 Å². The van der Waals surface area contributed by atoms with Gasteiger partial charge in [0.25, 0.3) is 10.0 Å². The minimum Gasteiger partial charge on any atom is -0.342 e. The summed E-state index contributed by atoms with van der Waals surface area (Å²) in [4.78, 5) is 0.259. The van der Waals surface area contributed by atoms with Crippen LogP contribution < -0.4 is 10.6 Å². The zero-order valence-corrected chi connectivity index (χ0v) is 11.2. The first-order valence-electron chi connectivity index (χ1n) is 5.58. The molecule has 0 bridgehead atoms. The molecule has 0 saturated carbocycles.